The van der Waals surface area contributed by atoms with E-state index >= 15 is 0 Å². The molecule has 3 N–H and O–H groups in total. The molecule has 0 amide bonds. The SMILES string of the molecule is CC1(Cn2c(N)nnc2SCC(=O)O)CC1. The smallest absolute Gasteiger partial charge is 0.313 e. The molecule has 7 heteroatoms. The monoisotopic (exact) mass is 242 g/mol. The fourth-order valence-electron chi connectivity index (χ4n) is 1.43. The number of carboxylic acids is 1. The number of thioether (sulfide) groups is 1. The average Bonchev–Trinajstić information content (AvgIpc) is 2.84. The number of nitrogens with two attached hydrogens (primary N) is 1. The Balaban J connectivity index is 2.09. The number of rotatable bonds is 5. The van der Waals surface area contributed by atoms with Gasteiger partial charge in [-0.25, -0.2) is 0 Å². The van der Waals surface area contributed by atoms with Gasteiger partial charge in [0, 0.05) is 6.54 Å². The number of aliphatic carboxylic acids is 1. The highest BCUT2D eigenvalue weighted by Gasteiger charge is 2.38. The molecular formula is C9H14N4O2S. The van der Waals surface area contributed by atoms with Crippen molar-refractivity contribution in [3.63, 3.8) is 0 Å². The van der Waals surface area contributed by atoms with Crippen LogP contribution in [0.15, 0.2) is 5.16 Å². The summed E-state index contributed by atoms with van der Waals surface area (Å²) in [6.45, 7) is 2.95. The first kappa shape index (κ1) is 11.3. The van der Waals surface area contributed by atoms with E-state index in [4.69, 9.17) is 10.8 Å². The van der Waals surface area contributed by atoms with E-state index < -0.39 is 5.97 Å². The maximum Gasteiger partial charge on any atom is 0.313 e. The van der Waals surface area contributed by atoms with Gasteiger partial charge in [-0.2, -0.15) is 0 Å². The van der Waals surface area contributed by atoms with Gasteiger partial charge in [0.1, 0.15) is 0 Å². The molecule has 1 fully saturated rings. The van der Waals surface area contributed by atoms with Crippen LogP contribution in [0.5, 0.6) is 0 Å². The fraction of sp³-hybridized carbons (Fsp3) is 0.667. The van der Waals surface area contributed by atoms with Crippen molar-refractivity contribution >= 4 is 23.7 Å². The zero-order chi connectivity index (χ0) is 11.8. The van der Waals surface area contributed by atoms with E-state index in [0.29, 0.717) is 11.1 Å². The van der Waals surface area contributed by atoms with Gasteiger partial charge in [-0.3, -0.25) is 9.36 Å². The summed E-state index contributed by atoms with van der Waals surface area (Å²) in [5.74, 6) is -0.522. The normalized spacial score (nSPS) is 17.3. The van der Waals surface area contributed by atoms with E-state index in [9.17, 15) is 4.79 Å². The third-order valence-electron chi connectivity index (χ3n) is 2.71. The summed E-state index contributed by atoms with van der Waals surface area (Å²) in [7, 11) is 0. The van der Waals surface area contributed by atoms with E-state index in [1.54, 1.807) is 4.57 Å². The molecule has 1 aromatic heterocycles. The Labute approximate surface area is 97.2 Å². The lowest BCUT2D eigenvalue weighted by Crippen LogP contribution is -2.12. The minimum atomic E-state index is -0.865. The first-order chi connectivity index (χ1) is 7.50. The lowest BCUT2D eigenvalue weighted by Gasteiger charge is -2.11. The zero-order valence-electron chi connectivity index (χ0n) is 9.01. The van der Waals surface area contributed by atoms with E-state index in [2.05, 4.69) is 17.1 Å². The molecule has 0 spiro atoms. The van der Waals surface area contributed by atoms with Crippen LogP contribution < -0.4 is 5.73 Å². The molecule has 0 radical (unpaired) electrons. The lowest BCUT2D eigenvalue weighted by molar-refractivity contribution is -0.133. The van der Waals surface area contributed by atoms with Crippen molar-refractivity contribution in [1.82, 2.24) is 14.8 Å². The molecule has 88 valence electrons. The van der Waals surface area contributed by atoms with Gasteiger partial charge < -0.3 is 10.8 Å². The van der Waals surface area contributed by atoms with Gasteiger partial charge in [-0.15, -0.1) is 10.2 Å². The highest BCUT2D eigenvalue weighted by Crippen LogP contribution is 2.47. The summed E-state index contributed by atoms with van der Waals surface area (Å²) in [5.41, 5.74) is 6.00. The number of nitrogen functional groups attached to an aromatic ring is 1. The van der Waals surface area contributed by atoms with Crippen molar-refractivity contribution in [1.29, 1.82) is 0 Å². The van der Waals surface area contributed by atoms with Crippen molar-refractivity contribution in [2.24, 2.45) is 5.41 Å². The number of anilines is 1. The van der Waals surface area contributed by atoms with Crippen LogP contribution in [0, 0.1) is 5.41 Å². The molecule has 1 aliphatic carbocycles. The molecule has 0 aromatic carbocycles. The summed E-state index contributed by atoms with van der Waals surface area (Å²) < 4.78 is 1.81. The molecule has 0 aliphatic heterocycles. The van der Waals surface area contributed by atoms with Crippen molar-refractivity contribution in [3.8, 4) is 0 Å². The quantitative estimate of drug-likeness (QED) is 0.743. The van der Waals surface area contributed by atoms with Crippen LogP contribution in [0.2, 0.25) is 0 Å². The molecule has 0 atom stereocenters. The second-order valence-corrected chi connectivity index (χ2v) is 5.36. The van der Waals surface area contributed by atoms with Crippen LogP contribution in [0.1, 0.15) is 19.8 Å². The summed E-state index contributed by atoms with van der Waals surface area (Å²) in [6, 6.07) is 0. The summed E-state index contributed by atoms with van der Waals surface area (Å²) >= 11 is 1.15. The molecule has 1 saturated carbocycles. The first-order valence-corrected chi connectivity index (χ1v) is 6.02. The van der Waals surface area contributed by atoms with E-state index in [1.807, 2.05) is 0 Å². The highest BCUT2D eigenvalue weighted by molar-refractivity contribution is 7.99. The molecule has 1 aromatic rings. The predicted octanol–water partition coefficient (Wildman–Crippen LogP) is 0.837. The second-order valence-electron chi connectivity index (χ2n) is 4.42. The number of aromatic nitrogens is 3. The third kappa shape index (κ3) is 2.46. The Morgan fingerprint density at radius 1 is 1.62 bits per heavy atom. The van der Waals surface area contributed by atoms with Crippen LogP contribution in [0.25, 0.3) is 0 Å². The maximum atomic E-state index is 10.5. The minimum absolute atomic E-state index is 0.0190. The van der Waals surface area contributed by atoms with E-state index in [-0.39, 0.29) is 11.2 Å². The topological polar surface area (TPSA) is 94.0 Å². The van der Waals surface area contributed by atoms with Crippen LogP contribution in [-0.2, 0) is 11.3 Å². The predicted molar refractivity (Wildman–Crippen MR) is 60.1 cm³/mol. The standard InChI is InChI=1S/C9H14N4O2S/c1-9(2-3-9)5-13-7(10)11-12-8(13)16-4-6(14)15/h2-5H2,1H3,(H2,10,11)(H,14,15). The third-order valence-corrected chi connectivity index (χ3v) is 3.67. The number of hydrogen-bond donors (Lipinski definition) is 2. The number of carboxylic acid groups (broad SMARTS) is 1. The molecule has 0 bridgehead atoms. The zero-order valence-corrected chi connectivity index (χ0v) is 9.83. The molecule has 2 rings (SSSR count). The Hall–Kier alpha value is -1.24. The van der Waals surface area contributed by atoms with Gasteiger partial charge in [-0.1, -0.05) is 18.7 Å². The number of nitrogens with zero attached hydrogens (tertiary/aromatic N) is 3. The lowest BCUT2D eigenvalue weighted by atomic mass is 10.1. The average molecular weight is 242 g/mol. The molecule has 1 heterocycles. The van der Waals surface area contributed by atoms with Gasteiger partial charge in [0.15, 0.2) is 5.16 Å². The molecular weight excluding hydrogens is 228 g/mol. The number of carbonyl (C=O) groups is 1. The van der Waals surface area contributed by atoms with Crippen molar-refractivity contribution in [3.05, 3.63) is 0 Å². The Morgan fingerprint density at radius 2 is 2.31 bits per heavy atom. The van der Waals surface area contributed by atoms with Gasteiger partial charge in [0.2, 0.25) is 5.95 Å². The molecule has 1 aliphatic rings. The second kappa shape index (κ2) is 3.97. The molecule has 0 saturated heterocycles. The first-order valence-electron chi connectivity index (χ1n) is 5.03. The van der Waals surface area contributed by atoms with Gasteiger partial charge in [0.25, 0.3) is 0 Å². The van der Waals surface area contributed by atoms with Crippen LogP contribution in [0.4, 0.5) is 5.95 Å². The van der Waals surface area contributed by atoms with Crippen molar-refractivity contribution < 1.29 is 9.90 Å². The van der Waals surface area contributed by atoms with Crippen molar-refractivity contribution in [2.45, 2.75) is 31.5 Å². The van der Waals surface area contributed by atoms with Gasteiger partial charge in [0.05, 0.1) is 5.75 Å². The summed E-state index contributed by atoms with van der Waals surface area (Å²) in [4.78, 5) is 10.5. The minimum Gasteiger partial charge on any atom is -0.481 e. The van der Waals surface area contributed by atoms with Gasteiger partial charge in [-0.05, 0) is 18.3 Å². The van der Waals surface area contributed by atoms with Crippen LogP contribution >= 0.6 is 11.8 Å². The largest absolute Gasteiger partial charge is 0.481 e. The molecule has 16 heavy (non-hydrogen) atoms. The van der Waals surface area contributed by atoms with E-state index in [1.165, 1.54) is 12.8 Å². The maximum absolute atomic E-state index is 10.5. The van der Waals surface area contributed by atoms with E-state index in [0.717, 1.165) is 18.3 Å². The van der Waals surface area contributed by atoms with Crippen LogP contribution in [0.3, 0.4) is 0 Å². The Bertz CT molecular complexity index is 414. The summed E-state index contributed by atoms with van der Waals surface area (Å²) in [5, 5.41) is 16.9. The number of hydrogen-bond acceptors (Lipinski definition) is 5. The Kier molecular flexibility index (Phi) is 2.79. The van der Waals surface area contributed by atoms with Gasteiger partial charge >= 0.3 is 5.97 Å². The molecule has 0 unspecified atom stereocenters. The van der Waals surface area contributed by atoms with Crippen LogP contribution in [-0.4, -0.2) is 31.6 Å². The fourth-order valence-corrected chi connectivity index (χ4v) is 2.10. The Morgan fingerprint density at radius 3 is 2.88 bits per heavy atom. The summed E-state index contributed by atoms with van der Waals surface area (Å²) in [6.07, 6.45) is 2.35. The van der Waals surface area contributed by atoms with Crippen molar-refractivity contribution in [2.75, 3.05) is 11.5 Å². The highest BCUT2D eigenvalue weighted by atomic mass is 32.2. The molecule has 6 nitrogen and oxygen atoms in total.